The summed E-state index contributed by atoms with van der Waals surface area (Å²) < 4.78 is 23.6. The number of ether oxygens (including phenoxy) is 1. The Balaban J connectivity index is 2.07. The molecule has 0 N–H and O–H groups in total. The van der Waals surface area contributed by atoms with Gasteiger partial charge in [0.1, 0.15) is 0 Å². The summed E-state index contributed by atoms with van der Waals surface area (Å²) in [5, 5.41) is 15.9. The largest absolute Gasteiger partial charge is 0.481 e. The third-order valence-electron chi connectivity index (χ3n) is 1.98. The first kappa shape index (κ1) is 11.1. The monoisotopic (exact) mass is 233 g/mol. The molecule has 1 aromatic carbocycles. The summed E-state index contributed by atoms with van der Waals surface area (Å²) in [6.45, 7) is 1.64. The van der Waals surface area contributed by atoms with E-state index in [1.807, 2.05) is 6.07 Å². The molecule has 0 saturated heterocycles. The summed E-state index contributed by atoms with van der Waals surface area (Å²) in [6, 6.07) is 5.80. The fraction of sp³-hybridized carbons (Fsp3) is 0.182. The Kier molecular flexibility index (Phi) is 3.01. The zero-order valence-corrected chi connectivity index (χ0v) is 8.98. The van der Waals surface area contributed by atoms with Crippen molar-refractivity contribution in [3.63, 3.8) is 0 Å². The van der Waals surface area contributed by atoms with E-state index < -0.39 is 5.82 Å². The van der Waals surface area contributed by atoms with E-state index in [1.54, 1.807) is 6.92 Å². The number of aryl methyl sites for hydroxylation is 1. The molecule has 0 unspecified atom stereocenters. The highest BCUT2D eigenvalue weighted by Gasteiger charge is 2.07. The van der Waals surface area contributed by atoms with Gasteiger partial charge in [0.15, 0.2) is 18.2 Å². The van der Waals surface area contributed by atoms with Crippen molar-refractivity contribution in [1.29, 1.82) is 5.26 Å². The van der Waals surface area contributed by atoms with E-state index in [4.69, 9.17) is 14.4 Å². The Hall–Kier alpha value is -2.42. The number of halogens is 1. The first-order valence-electron chi connectivity index (χ1n) is 4.80. The molecule has 2 aromatic rings. The fourth-order valence-corrected chi connectivity index (χ4v) is 1.22. The molecule has 0 aliphatic carbocycles. The average molecular weight is 233 g/mol. The third-order valence-corrected chi connectivity index (χ3v) is 1.98. The van der Waals surface area contributed by atoms with Gasteiger partial charge >= 0.3 is 0 Å². The molecule has 0 fully saturated rings. The number of hydrogen-bond donors (Lipinski definition) is 0. The van der Waals surface area contributed by atoms with Crippen LogP contribution in [0.25, 0.3) is 0 Å². The second-order valence-electron chi connectivity index (χ2n) is 3.26. The second kappa shape index (κ2) is 4.61. The molecule has 6 heteroatoms. The van der Waals surface area contributed by atoms with Crippen LogP contribution in [0.3, 0.4) is 0 Å². The topological polar surface area (TPSA) is 71.9 Å². The van der Waals surface area contributed by atoms with Crippen LogP contribution in [-0.4, -0.2) is 10.2 Å². The van der Waals surface area contributed by atoms with Crippen LogP contribution in [0, 0.1) is 24.1 Å². The lowest BCUT2D eigenvalue weighted by molar-refractivity contribution is 0.249. The van der Waals surface area contributed by atoms with E-state index in [-0.39, 0.29) is 23.8 Å². The van der Waals surface area contributed by atoms with E-state index in [0.717, 1.165) is 6.07 Å². The highest BCUT2D eigenvalue weighted by molar-refractivity contribution is 5.35. The quantitative estimate of drug-likeness (QED) is 0.810. The van der Waals surface area contributed by atoms with Crippen molar-refractivity contribution in [2.24, 2.45) is 0 Å². The lowest BCUT2D eigenvalue weighted by atomic mass is 10.2. The number of nitrogens with zero attached hydrogens (tertiary/aromatic N) is 3. The van der Waals surface area contributed by atoms with E-state index in [9.17, 15) is 4.39 Å². The number of nitriles is 1. The van der Waals surface area contributed by atoms with Gasteiger partial charge in [-0.3, -0.25) is 0 Å². The Bertz CT molecular complexity index is 574. The zero-order chi connectivity index (χ0) is 12.3. The highest BCUT2D eigenvalue weighted by Crippen LogP contribution is 2.19. The van der Waals surface area contributed by atoms with Gasteiger partial charge in [-0.05, 0) is 18.2 Å². The van der Waals surface area contributed by atoms with Gasteiger partial charge in [-0.15, -0.1) is 10.2 Å². The molecule has 0 atom stereocenters. The molecule has 0 radical (unpaired) electrons. The van der Waals surface area contributed by atoms with Crippen molar-refractivity contribution >= 4 is 0 Å². The molecule has 0 amide bonds. The Morgan fingerprint density at radius 3 is 2.88 bits per heavy atom. The van der Waals surface area contributed by atoms with Crippen molar-refractivity contribution in [1.82, 2.24) is 10.2 Å². The molecule has 1 aromatic heterocycles. The summed E-state index contributed by atoms with van der Waals surface area (Å²) in [5.74, 6) is 0.135. The second-order valence-corrected chi connectivity index (χ2v) is 3.26. The van der Waals surface area contributed by atoms with Crippen LogP contribution in [0.4, 0.5) is 4.39 Å². The molecule has 5 nitrogen and oxygen atoms in total. The van der Waals surface area contributed by atoms with Crippen molar-refractivity contribution in [3.05, 3.63) is 41.4 Å². The summed E-state index contributed by atoms with van der Waals surface area (Å²) in [6.07, 6.45) is 0. The van der Waals surface area contributed by atoms with Gasteiger partial charge in [0, 0.05) is 6.92 Å². The van der Waals surface area contributed by atoms with Crippen LogP contribution < -0.4 is 4.74 Å². The van der Waals surface area contributed by atoms with Crippen LogP contribution in [0.2, 0.25) is 0 Å². The van der Waals surface area contributed by atoms with Crippen LogP contribution in [0.5, 0.6) is 5.75 Å². The standard InChI is InChI=1S/C11H8FN3O2/c1-7-14-15-11(17-7)6-16-10-3-2-8(5-13)4-9(10)12/h2-4H,6H2,1H3. The van der Waals surface area contributed by atoms with Crippen molar-refractivity contribution in [2.45, 2.75) is 13.5 Å². The van der Waals surface area contributed by atoms with Gasteiger partial charge < -0.3 is 9.15 Å². The Labute approximate surface area is 96.5 Å². The van der Waals surface area contributed by atoms with Gasteiger partial charge in [0.25, 0.3) is 5.89 Å². The zero-order valence-electron chi connectivity index (χ0n) is 8.98. The van der Waals surface area contributed by atoms with Crippen molar-refractivity contribution in [3.8, 4) is 11.8 Å². The molecule has 0 saturated carbocycles. The van der Waals surface area contributed by atoms with Crippen molar-refractivity contribution < 1.29 is 13.5 Å². The smallest absolute Gasteiger partial charge is 0.253 e. The number of benzene rings is 1. The number of hydrogen-bond acceptors (Lipinski definition) is 5. The lowest BCUT2D eigenvalue weighted by Gasteiger charge is -2.04. The van der Waals surface area contributed by atoms with E-state index in [1.165, 1.54) is 12.1 Å². The van der Waals surface area contributed by atoms with Gasteiger partial charge in [0.05, 0.1) is 11.6 Å². The molecule has 1 heterocycles. The van der Waals surface area contributed by atoms with Crippen LogP contribution in [0.15, 0.2) is 22.6 Å². The lowest BCUT2D eigenvalue weighted by Crippen LogP contribution is -1.98. The molecule has 2 rings (SSSR count). The van der Waals surface area contributed by atoms with E-state index in [0.29, 0.717) is 5.89 Å². The van der Waals surface area contributed by atoms with Crippen LogP contribution in [-0.2, 0) is 6.61 Å². The molecule has 0 spiro atoms. The van der Waals surface area contributed by atoms with Gasteiger partial charge in [-0.25, -0.2) is 4.39 Å². The first-order valence-corrected chi connectivity index (χ1v) is 4.80. The Morgan fingerprint density at radius 1 is 1.47 bits per heavy atom. The molecule has 0 aliphatic heterocycles. The summed E-state index contributed by atoms with van der Waals surface area (Å²) in [7, 11) is 0. The molecule has 0 aliphatic rings. The maximum Gasteiger partial charge on any atom is 0.253 e. The van der Waals surface area contributed by atoms with Gasteiger partial charge in [0.2, 0.25) is 5.89 Å². The first-order chi connectivity index (χ1) is 8.19. The number of aromatic nitrogens is 2. The Morgan fingerprint density at radius 2 is 2.29 bits per heavy atom. The summed E-state index contributed by atoms with van der Waals surface area (Å²) >= 11 is 0. The summed E-state index contributed by atoms with van der Waals surface area (Å²) in [4.78, 5) is 0. The van der Waals surface area contributed by atoms with Gasteiger partial charge in [-0.1, -0.05) is 0 Å². The average Bonchev–Trinajstić information content (AvgIpc) is 2.73. The van der Waals surface area contributed by atoms with E-state index >= 15 is 0 Å². The minimum absolute atomic E-state index is 0.0103. The predicted octanol–water partition coefficient (Wildman–Crippen LogP) is 1.97. The molecule has 17 heavy (non-hydrogen) atoms. The highest BCUT2D eigenvalue weighted by atomic mass is 19.1. The maximum absolute atomic E-state index is 13.4. The molecule has 0 bridgehead atoms. The third kappa shape index (κ3) is 2.58. The SMILES string of the molecule is Cc1nnc(COc2ccc(C#N)cc2F)o1. The fourth-order valence-electron chi connectivity index (χ4n) is 1.22. The maximum atomic E-state index is 13.4. The minimum atomic E-state index is -0.597. The van der Waals surface area contributed by atoms with Crippen molar-refractivity contribution in [2.75, 3.05) is 0 Å². The normalized spacial score (nSPS) is 9.94. The minimum Gasteiger partial charge on any atom is -0.481 e. The molecular formula is C11H8FN3O2. The summed E-state index contributed by atoms with van der Waals surface area (Å²) in [5.41, 5.74) is 0.239. The number of rotatable bonds is 3. The van der Waals surface area contributed by atoms with Crippen LogP contribution in [0.1, 0.15) is 17.3 Å². The van der Waals surface area contributed by atoms with E-state index in [2.05, 4.69) is 10.2 Å². The van der Waals surface area contributed by atoms with Gasteiger partial charge in [-0.2, -0.15) is 5.26 Å². The predicted molar refractivity (Wildman–Crippen MR) is 54.5 cm³/mol. The van der Waals surface area contributed by atoms with Crippen LogP contribution >= 0.6 is 0 Å². The molecule has 86 valence electrons. The molecular weight excluding hydrogens is 225 g/mol.